The molecule has 1 atom stereocenters. The molecule has 4 heteroatoms. The Morgan fingerprint density at radius 1 is 1.33 bits per heavy atom. The molecule has 1 aromatic heterocycles. The lowest BCUT2D eigenvalue weighted by Gasteiger charge is -2.36. The zero-order valence-corrected chi connectivity index (χ0v) is 11.3. The fourth-order valence-electron chi connectivity index (χ4n) is 3.03. The number of rotatable bonds is 4. The second-order valence-electron chi connectivity index (χ2n) is 5.93. The molecule has 1 aliphatic heterocycles. The van der Waals surface area contributed by atoms with Gasteiger partial charge in [0.25, 0.3) is 0 Å². The summed E-state index contributed by atoms with van der Waals surface area (Å²) in [6, 6.07) is 1.06. The van der Waals surface area contributed by atoms with Gasteiger partial charge in [0.05, 0.1) is 18.1 Å². The molecule has 2 heterocycles. The lowest BCUT2D eigenvalue weighted by atomic mass is 9.97. The Hall–Kier alpha value is -0.870. The van der Waals surface area contributed by atoms with Crippen molar-refractivity contribution in [2.45, 2.75) is 44.7 Å². The van der Waals surface area contributed by atoms with Crippen LogP contribution in [0.4, 0.5) is 0 Å². The van der Waals surface area contributed by atoms with E-state index in [1.807, 2.05) is 12.5 Å². The Morgan fingerprint density at radius 3 is 2.67 bits per heavy atom. The number of piperidine rings is 1. The van der Waals surface area contributed by atoms with Crippen molar-refractivity contribution in [2.75, 3.05) is 19.6 Å². The van der Waals surface area contributed by atoms with E-state index < -0.39 is 0 Å². The number of nitrogens with two attached hydrogens (primary N) is 1. The van der Waals surface area contributed by atoms with Gasteiger partial charge in [0.15, 0.2) is 0 Å². The third kappa shape index (κ3) is 2.31. The molecule has 100 valence electrons. The minimum atomic E-state index is 0.362. The Balaban J connectivity index is 1.76. The van der Waals surface area contributed by atoms with Gasteiger partial charge in [-0.25, -0.2) is 4.98 Å². The molecule has 0 radical (unpaired) electrons. The Labute approximate surface area is 109 Å². The molecular formula is C14H24N4. The van der Waals surface area contributed by atoms with Crippen molar-refractivity contribution in [1.82, 2.24) is 14.5 Å². The summed E-state index contributed by atoms with van der Waals surface area (Å²) in [6.45, 7) is 5.41. The molecule has 2 fully saturated rings. The molecule has 0 aromatic carbocycles. The van der Waals surface area contributed by atoms with Crippen LogP contribution in [0, 0.1) is 5.92 Å². The molecule has 1 unspecified atom stereocenters. The van der Waals surface area contributed by atoms with Gasteiger partial charge in [-0.2, -0.15) is 0 Å². The Morgan fingerprint density at radius 2 is 2.06 bits per heavy atom. The van der Waals surface area contributed by atoms with Crippen LogP contribution in [-0.2, 0) is 0 Å². The molecule has 0 amide bonds. The van der Waals surface area contributed by atoms with Gasteiger partial charge in [0.2, 0.25) is 0 Å². The summed E-state index contributed by atoms with van der Waals surface area (Å²) in [5.74, 6) is 0.869. The molecule has 2 aliphatic rings. The van der Waals surface area contributed by atoms with Gasteiger partial charge in [0.1, 0.15) is 0 Å². The maximum Gasteiger partial charge on any atom is 0.0951 e. The Bertz CT molecular complexity index is 388. The predicted molar refractivity (Wildman–Crippen MR) is 72.3 cm³/mol. The van der Waals surface area contributed by atoms with E-state index in [-0.39, 0.29) is 0 Å². The van der Waals surface area contributed by atoms with Gasteiger partial charge in [0, 0.05) is 18.8 Å². The maximum absolute atomic E-state index is 6.04. The smallest absolute Gasteiger partial charge is 0.0951 e. The van der Waals surface area contributed by atoms with Crippen LogP contribution >= 0.6 is 0 Å². The average Bonchev–Trinajstić information content (AvgIpc) is 3.12. The molecule has 2 N–H and O–H groups in total. The van der Waals surface area contributed by atoms with Crippen molar-refractivity contribution in [3.63, 3.8) is 0 Å². The fourth-order valence-corrected chi connectivity index (χ4v) is 3.03. The van der Waals surface area contributed by atoms with E-state index in [2.05, 4.69) is 21.4 Å². The van der Waals surface area contributed by atoms with Crippen LogP contribution in [0.15, 0.2) is 12.5 Å². The van der Waals surface area contributed by atoms with Crippen molar-refractivity contribution in [2.24, 2.45) is 11.7 Å². The number of hydrogen-bond acceptors (Lipinski definition) is 3. The van der Waals surface area contributed by atoms with Crippen molar-refractivity contribution in [1.29, 1.82) is 0 Å². The van der Waals surface area contributed by atoms with Crippen molar-refractivity contribution >= 4 is 0 Å². The topological polar surface area (TPSA) is 47.1 Å². The first-order chi connectivity index (χ1) is 8.79. The van der Waals surface area contributed by atoms with Crippen LogP contribution in [0.1, 0.15) is 50.4 Å². The lowest BCUT2D eigenvalue weighted by Crippen LogP contribution is -2.40. The minimum Gasteiger partial charge on any atom is -0.330 e. The molecular weight excluding hydrogens is 224 g/mol. The van der Waals surface area contributed by atoms with Crippen LogP contribution in [0.5, 0.6) is 0 Å². The van der Waals surface area contributed by atoms with E-state index in [4.69, 9.17) is 5.73 Å². The lowest BCUT2D eigenvalue weighted by molar-refractivity contribution is 0.136. The average molecular weight is 248 g/mol. The minimum absolute atomic E-state index is 0.362. The zero-order valence-electron chi connectivity index (χ0n) is 11.3. The number of likely N-dealkylation sites (tertiary alicyclic amines) is 1. The predicted octanol–water partition coefficient (Wildman–Crippen LogP) is 1.95. The first kappa shape index (κ1) is 12.2. The number of hydrogen-bond donors (Lipinski definition) is 1. The van der Waals surface area contributed by atoms with Crippen molar-refractivity contribution < 1.29 is 0 Å². The van der Waals surface area contributed by atoms with E-state index in [0.717, 1.165) is 5.92 Å². The maximum atomic E-state index is 6.04. The summed E-state index contributed by atoms with van der Waals surface area (Å²) < 4.78 is 2.36. The zero-order chi connectivity index (χ0) is 12.5. The summed E-state index contributed by atoms with van der Waals surface area (Å²) in [5, 5.41) is 0. The summed E-state index contributed by atoms with van der Waals surface area (Å²) in [6.07, 6.45) is 9.22. The second-order valence-corrected chi connectivity index (χ2v) is 5.93. The highest BCUT2D eigenvalue weighted by molar-refractivity contribution is 5.10. The second kappa shape index (κ2) is 5.02. The van der Waals surface area contributed by atoms with E-state index in [0.29, 0.717) is 18.6 Å². The van der Waals surface area contributed by atoms with Crippen LogP contribution in [0.25, 0.3) is 0 Å². The van der Waals surface area contributed by atoms with Crippen LogP contribution in [0.2, 0.25) is 0 Å². The van der Waals surface area contributed by atoms with Gasteiger partial charge in [-0.1, -0.05) is 6.92 Å². The third-order valence-electron chi connectivity index (χ3n) is 4.46. The summed E-state index contributed by atoms with van der Waals surface area (Å²) in [7, 11) is 0. The molecule has 3 rings (SSSR count). The third-order valence-corrected chi connectivity index (χ3v) is 4.46. The quantitative estimate of drug-likeness (QED) is 0.886. The number of imidazole rings is 1. The molecule has 4 nitrogen and oxygen atoms in total. The van der Waals surface area contributed by atoms with Crippen LogP contribution < -0.4 is 5.73 Å². The molecule has 18 heavy (non-hydrogen) atoms. The van der Waals surface area contributed by atoms with E-state index in [1.54, 1.807) is 0 Å². The van der Waals surface area contributed by atoms with Gasteiger partial charge < -0.3 is 10.3 Å². The molecule has 0 bridgehead atoms. The summed E-state index contributed by atoms with van der Waals surface area (Å²) >= 11 is 0. The summed E-state index contributed by atoms with van der Waals surface area (Å²) in [5.41, 5.74) is 7.36. The monoisotopic (exact) mass is 248 g/mol. The molecule has 1 saturated heterocycles. The highest BCUT2D eigenvalue weighted by Crippen LogP contribution is 2.38. The fraction of sp³-hybridized carbons (Fsp3) is 0.786. The van der Waals surface area contributed by atoms with Gasteiger partial charge in [-0.05, 0) is 44.7 Å². The largest absolute Gasteiger partial charge is 0.330 e. The van der Waals surface area contributed by atoms with Gasteiger partial charge in [-0.3, -0.25) is 4.90 Å². The normalized spacial score (nSPS) is 24.3. The highest BCUT2D eigenvalue weighted by atomic mass is 15.2. The molecule has 0 spiro atoms. The van der Waals surface area contributed by atoms with E-state index >= 15 is 0 Å². The van der Waals surface area contributed by atoms with E-state index in [1.165, 1.54) is 44.5 Å². The number of nitrogens with zero attached hydrogens (tertiary/aromatic N) is 3. The number of aromatic nitrogens is 2. The molecule has 1 saturated carbocycles. The summed E-state index contributed by atoms with van der Waals surface area (Å²) in [4.78, 5) is 6.89. The van der Waals surface area contributed by atoms with Crippen LogP contribution in [0.3, 0.4) is 0 Å². The van der Waals surface area contributed by atoms with E-state index in [9.17, 15) is 0 Å². The first-order valence-corrected chi connectivity index (χ1v) is 7.25. The Kier molecular flexibility index (Phi) is 3.39. The van der Waals surface area contributed by atoms with Gasteiger partial charge in [-0.15, -0.1) is 0 Å². The first-order valence-electron chi connectivity index (χ1n) is 7.25. The standard InChI is InChI=1S/C14H24N4/c1-11-4-6-17(7-5-11)13(8-15)14-9-16-10-18(14)12-2-3-12/h9-13H,2-8,15H2,1H3. The van der Waals surface area contributed by atoms with Crippen molar-refractivity contribution in [3.8, 4) is 0 Å². The molecule has 1 aliphatic carbocycles. The SMILES string of the molecule is CC1CCN(C(CN)c2cncn2C2CC2)CC1. The van der Waals surface area contributed by atoms with Crippen LogP contribution in [-0.4, -0.2) is 34.1 Å². The van der Waals surface area contributed by atoms with Gasteiger partial charge >= 0.3 is 0 Å². The highest BCUT2D eigenvalue weighted by Gasteiger charge is 2.30. The van der Waals surface area contributed by atoms with Crippen molar-refractivity contribution in [3.05, 3.63) is 18.2 Å². The molecule has 1 aromatic rings.